The largest absolute Gasteiger partial charge is 0.460 e. The highest BCUT2D eigenvalue weighted by molar-refractivity contribution is 5.77. The van der Waals surface area contributed by atoms with Crippen molar-refractivity contribution >= 4 is 11.0 Å². The molecular weight excluding hydrogens is 226 g/mol. The second-order valence-corrected chi connectivity index (χ2v) is 4.57. The molecule has 2 aromatic rings. The summed E-state index contributed by atoms with van der Waals surface area (Å²) in [6, 6.07) is 10.2. The molecule has 0 unspecified atom stereocenters. The minimum atomic E-state index is 0.312. The van der Waals surface area contributed by atoms with Gasteiger partial charge in [-0.1, -0.05) is 31.0 Å². The molecule has 0 atom stereocenters. The van der Waals surface area contributed by atoms with E-state index in [4.69, 9.17) is 9.52 Å². The second kappa shape index (κ2) is 7.19. The Kier molecular flexibility index (Phi) is 5.24. The normalized spacial score (nSPS) is 11.2. The number of para-hydroxylation sites is 1. The Morgan fingerprint density at radius 1 is 1.06 bits per heavy atom. The molecule has 2 rings (SSSR count). The number of fused-ring (bicyclic) bond motifs is 1. The maximum atomic E-state index is 8.66. The van der Waals surface area contributed by atoms with Crippen LogP contribution < -0.4 is 5.32 Å². The first-order valence-electron chi connectivity index (χ1n) is 6.69. The SMILES string of the molecule is OCCCCCCNCc1cc2ccccc2o1. The topological polar surface area (TPSA) is 45.4 Å². The number of rotatable bonds is 8. The van der Waals surface area contributed by atoms with E-state index < -0.39 is 0 Å². The molecule has 0 fully saturated rings. The van der Waals surface area contributed by atoms with Crippen molar-refractivity contribution in [1.82, 2.24) is 5.32 Å². The molecule has 0 saturated carbocycles. The third-order valence-electron chi connectivity index (χ3n) is 3.04. The lowest BCUT2D eigenvalue weighted by molar-refractivity contribution is 0.282. The lowest BCUT2D eigenvalue weighted by atomic mass is 10.2. The zero-order chi connectivity index (χ0) is 12.6. The number of furan rings is 1. The molecule has 1 aromatic carbocycles. The molecule has 1 heterocycles. The van der Waals surface area contributed by atoms with Crippen LogP contribution in [0.4, 0.5) is 0 Å². The van der Waals surface area contributed by atoms with Gasteiger partial charge >= 0.3 is 0 Å². The second-order valence-electron chi connectivity index (χ2n) is 4.57. The summed E-state index contributed by atoms with van der Waals surface area (Å²) < 4.78 is 5.72. The summed E-state index contributed by atoms with van der Waals surface area (Å²) in [4.78, 5) is 0. The van der Waals surface area contributed by atoms with E-state index >= 15 is 0 Å². The van der Waals surface area contributed by atoms with Gasteiger partial charge in [0, 0.05) is 12.0 Å². The van der Waals surface area contributed by atoms with Crippen LogP contribution in [0.2, 0.25) is 0 Å². The van der Waals surface area contributed by atoms with Crippen LogP contribution in [0.3, 0.4) is 0 Å². The first-order valence-corrected chi connectivity index (χ1v) is 6.69. The van der Waals surface area contributed by atoms with Crippen LogP contribution in [0.1, 0.15) is 31.4 Å². The van der Waals surface area contributed by atoms with E-state index in [-0.39, 0.29) is 0 Å². The third-order valence-corrected chi connectivity index (χ3v) is 3.04. The molecule has 0 radical (unpaired) electrons. The van der Waals surface area contributed by atoms with E-state index in [9.17, 15) is 0 Å². The Morgan fingerprint density at radius 3 is 2.72 bits per heavy atom. The summed E-state index contributed by atoms with van der Waals surface area (Å²) in [5.41, 5.74) is 0.956. The fourth-order valence-electron chi connectivity index (χ4n) is 2.05. The molecule has 18 heavy (non-hydrogen) atoms. The number of aliphatic hydroxyl groups is 1. The quantitative estimate of drug-likeness (QED) is 0.705. The maximum absolute atomic E-state index is 8.66. The van der Waals surface area contributed by atoms with E-state index in [1.165, 1.54) is 6.42 Å². The first kappa shape index (κ1) is 13.1. The Hall–Kier alpha value is -1.32. The highest BCUT2D eigenvalue weighted by atomic mass is 16.3. The summed E-state index contributed by atoms with van der Waals surface area (Å²) in [6.07, 6.45) is 4.36. The minimum absolute atomic E-state index is 0.312. The van der Waals surface area contributed by atoms with E-state index in [0.29, 0.717) is 6.61 Å². The fraction of sp³-hybridized carbons (Fsp3) is 0.467. The Morgan fingerprint density at radius 2 is 1.89 bits per heavy atom. The monoisotopic (exact) mass is 247 g/mol. The third kappa shape index (κ3) is 3.86. The number of hydrogen-bond donors (Lipinski definition) is 2. The van der Waals surface area contributed by atoms with E-state index in [2.05, 4.69) is 17.4 Å². The number of aliphatic hydroxyl groups excluding tert-OH is 1. The van der Waals surface area contributed by atoms with Gasteiger partial charge in [-0.15, -0.1) is 0 Å². The minimum Gasteiger partial charge on any atom is -0.460 e. The number of nitrogens with one attached hydrogen (secondary N) is 1. The smallest absolute Gasteiger partial charge is 0.134 e. The highest BCUT2D eigenvalue weighted by Crippen LogP contribution is 2.18. The van der Waals surface area contributed by atoms with E-state index in [1.807, 2.05) is 18.2 Å². The standard InChI is InChI=1S/C15H21NO2/c17-10-6-2-1-5-9-16-12-14-11-13-7-3-4-8-15(13)18-14/h3-4,7-8,11,16-17H,1-2,5-6,9-10,12H2. The van der Waals surface area contributed by atoms with Gasteiger partial charge in [0.15, 0.2) is 0 Å². The van der Waals surface area contributed by atoms with Crippen LogP contribution in [0, 0.1) is 0 Å². The van der Waals surface area contributed by atoms with Gasteiger partial charge in [0.1, 0.15) is 11.3 Å². The molecule has 3 nitrogen and oxygen atoms in total. The average Bonchev–Trinajstić information content (AvgIpc) is 2.80. The Bertz CT molecular complexity index is 431. The molecule has 0 aliphatic carbocycles. The van der Waals surface area contributed by atoms with Crippen molar-refractivity contribution in [3.8, 4) is 0 Å². The zero-order valence-electron chi connectivity index (χ0n) is 10.7. The molecule has 98 valence electrons. The van der Waals surface area contributed by atoms with Crippen molar-refractivity contribution in [2.45, 2.75) is 32.2 Å². The van der Waals surface area contributed by atoms with Gasteiger partial charge in [0.25, 0.3) is 0 Å². The highest BCUT2D eigenvalue weighted by Gasteiger charge is 2.01. The van der Waals surface area contributed by atoms with Crippen LogP contribution in [0.15, 0.2) is 34.7 Å². The lowest BCUT2D eigenvalue weighted by Gasteiger charge is -2.02. The van der Waals surface area contributed by atoms with Crippen molar-refractivity contribution < 1.29 is 9.52 Å². The van der Waals surface area contributed by atoms with Gasteiger partial charge in [-0.25, -0.2) is 0 Å². The molecule has 1 aromatic heterocycles. The summed E-state index contributed by atoms with van der Waals surface area (Å²) >= 11 is 0. The average molecular weight is 247 g/mol. The van der Waals surface area contributed by atoms with Gasteiger partial charge in [0.05, 0.1) is 6.54 Å². The fourth-order valence-corrected chi connectivity index (χ4v) is 2.05. The molecule has 0 aliphatic rings. The van der Waals surface area contributed by atoms with Crippen molar-refractivity contribution in [1.29, 1.82) is 0 Å². The predicted octanol–water partition coefficient (Wildman–Crippen LogP) is 3.08. The van der Waals surface area contributed by atoms with Crippen LogP contribution in [-0.2, 0) is 6.54 Å². The molecule has 0 amide bonds. The van der Waals surface area contributed by atoms with Crippen LogP contribution in [-0.4, -0.2) is 18.3 Å². The summed E-state index contributed by atoms with van der Waals surface area (Å²) in [6.45, 7) is 2.10. The van der Waals surface area contributed by atoms with Gasteiger partial charge in [-0.2, -0.15) is 0 Å². The molecule has 0 saturated heterocycles. The van der Waals surface area contributed by atoms with E-state index in [0.717, 1.165) is 49.1 Å². The molecule has 3 heteroatoms. The molecule has 2 N–H and O–H groups in total. The van der Waals surface area contributed by atoms with Gasteiger partial charge in [0.2, 0.25) is 0 Å². The summed E-state index contributed by atoms with van der Waals surface area (Å²) in [7, 11) is 0. The van der Waals surface area contributed by atoms with Crippen LogP contribution in [0.5, 0.6) is 0 Å². The molecule has 0 spiro atoms. The zero-order valence-corrected chi connectivity index (χ0v) is 10.7. The van der Waals surface area contributed by atoms with Gasteiger partial charge in [-0.05, 0) is 31.5 Å². The number of benzene rings is 1. The molecule has 0 bridgehead atoms. The molecular formula is C15H21NO2. The number of unbranched alkanes of at least 4 members (excludes halogenated alkanes) is 3. The summed E-state index contributed by atoms with van der Waals surface area (Å²) in [5, 5.41) is 13.2. The lowest BCUT2D eigenvalue weighted by Crippen LogP contribution is -2.14. The first-order chi connectivity index (χ1) is 8.90. The van der Waals surface area contributed by atoms with E-state index in [1.54, 1.807) is 0 Å². The van der Waals surface area contributed by atoms with Crippen molar-refractivity contribution in [3.63, 3.8) is 0 Å². The predicted molar refractivity (Wildman–Crippen MR) is 73.5 cm³/mol. The molecule has 0 aliphatic heterocycles. The van der Waals surface area contributed by atoms with Crippen molar-refractivity contribution in [3.05, 3.63) is 36.1 Å². The Labute approximate surface area is 108 Å². The van der Waals surface area contributed by atoms with Crippen LogP contribution in [0.25, 0.3) is 11.0 Å². The maximum Gasteiger partial charge on any atom is 0.134 e. The number of hydrogen-bond acceptors (Lipinski definition) is 3. The van der Waals surface area contributed by atoms with Gasteiger partial charge < -0.3 is 14.8 Å². The van der Waals surface area contributed by atoms with Crippen molar-refractivity contribution in [2.24, 2.45) is 0 Å². The van der Waals surface area contributed by atoms with Crippen molar-refractivity contribution in [2.75, 3.05) is 13.2 Å². The summed E-state index contributed by atoms with van der Waals surface area (Å²) in [5.74, 6) is 0.992. The van der Waals surface area contributed by atoms with Gasteiger partial charge in [-0.3, -0.25) is 0 Å². The van der Waals surface area contributed by atoms with Crippen LogP contribution >= 0.6 is 0 Å². The Balaban J connectivity index is 1.67.